The highest BCUT2D eigenvalue weighted by Crippen LogP contribution is 2.47. The monoisotopic (exact) mass is 718 g/mol. The van der Waals surface area contributed by atoms with Crippen LogP contribution >= 0.6 is 11.3 Å². The van der Waals surface area contributed by atoms with Crippen LogP contribution in [0.1, 0.15) is 0 Å². The van der Waals surface area contributed by atoms with Gasteiger partial charge in [0.05, 0.1) is 22.4 Å². The zero-order chi connectivity index (χ0) is 36.3. The molecule has 0 amide bonds. The number of hydrogen-bond acceptors (Lipinski definition) is 2. The van der Waals surface area contributed by atoms with E-state index in [0.717, 1.165) is 22.7 Å². The topological polar surface area (TPSA) is 8.17 Å². The molecule has 55 heavy (non-hydrogen) atoms. The number of thiophene rings is 1. The van der Waals surface area contributed by atoms with E-state index in [2.05, 4.69) is 216 Å². The lowest BCUT2D eigenvalue weighted by Gasteiger charge is -2.29. The summed E-state index contributed by atoms with van der Waals surface area (Å²) in [6.45, 7) is 0. The SMILES string of the molecule is c1ccc(-c2ccccc2N(c2ccc(-c3ccc4c(c3)sc3c5ccccc5ccc43)cc2)c2cccc3c4ccccc4n(-c4ccccc4)c23)cc1. The van der Waals surface area contributed by atoms with Crippen molar-refractivity contribution in [1.29, 1.82) is 0 Å². The van der Waals surface area contributed by atoms with Crippen molar-refractivity contribution in [3.05, 3.63) is 206 Å². The summed E-state index contributed by atoms with van der Waals surface area (Å²) in [4.78, 5) is 2.45. The molecule has 0 aliphatic carbocycles. The minimum Gasteiger partial charge on any atom is -0.308 e. The Morgan fingerprint density at radius 1 is 0.400 bits per heavy atom. The second-order valence-corrected chi connectivity index (χ2v) is 15.2. The first-order valence-electron chi connectivity index (χ1n) is 18.8. The first-order valence-corrected chi connectivity index (χ1v) is 19.6. The van der Waals surface area contributed by atoms with Crippen molar-refractivity contribution in [2.45, 2.75) is 0 Å². The Bertz CT molecular complexity index is 3190. The van der Waals surface area contributed by atoms with E-state index in [4.69, 9.17) is 0 Å². The van der Waals surface area contributed by atoms with Crippen molar-refractivity contribution < 1.29 is 0 Å². The van der Waals surface area contributed by atoms with Crippen LogP contribution in [-0.2, 0) is 0 Å². The summed E-state index contributed by atoms with van der Waals surface area (Å²) in [5.74, 6) is 0. The standard InChI is InChI=1S/C52H34N2S/c1-3-14-36(15-4-1)41-19-9-11-23-47(41)53(49-25-13-22-45-43-21-10-12-24-48(43)54(51(45)49)39-17-5-2-6-18-39)40-30-26-35(27-31-40)38-29-32-44-46-33-28-37-16-7-8-20-42(37)52(46)55-50(44)34-38/h1-34H. The highest BCUT2D eigenvalue weighted by atomic mass is 32.1. The minimum absolute atomic E-state index is 1.10. The lowest BCUT2D eigenvalue weighted by Crippen LogP contribution is -2.12. The number of para-hydroxylation sites is 4. The van der Waals surface area contributed by atoms with Crippen LogP contribution in [0.15, 0.2) is 206 Å². The number of anilines is 3. The van der Waals surface area contributed by atoms with E-state index in [9.17, 15) is 0 Å². The number of hydrogen-bond donors (Lipinski definition) is 0. The first-order chi connectivity index (χ1) is 27.3. The third-order valence-electron chi connectivity index (χ3n) is 11.0. The normalized spacial score (nSPS) is 11.6. The fraction of sp³-hybridized carbons (Fsp3) is 0. The maximum Gasteiger partial charge on any atom is 0.0782 e. The van der Waals surface area contributed by atoms with Crippen LogP contribution in [-0.4, -0.2) is 4.57 Å². The number of fused-ring (bicyclic) bond motifs is 8. The molecule has 0 spiro atoms. The zero-order valence-electron chi connectivity index (χ0n) is 29.9. The first kappa shape index (κ1) is 31.6. The van der Waals surface area contributed by atoms with Crippen LogP contribution < -0.4 is 4.90 Å². The molecule has 0 N–H and O–H groups in total. The van der Waals surface area contributed by atoms with Gasteiger partial charge in [-0.3, -0.25) is 0 Å². The molecule has 0 fully saturated rings. The summed E-state index contributed by atoms with van der Waals surface area (Å²) in [7, 11) is 0. The van der Waals surface area contributed by atoms with Crippen LogP contribution in [0.25, 0.3) is 80.7 Å². The van der Waals surface area contributed by atoms with Gasteiger partial charge in [-0.05, 0) is 76.0 Å². The maximum atomic E-state index is 2.45. The molecular formula is C52H34N2S. The molecule has 3 heteroatoms. The average Bonchev–Trinajstić information content (AvgIpc) is 3.81. The fourth-order valence-corrected chi connectivity index (χ4v) is 9.73. The van der Waals surface area contributed by atoms with Crippen molar-refractivity contribution in [2.24, 2.45) is 0 Å². The molecular weight excluding hydrogens is 685 g/mol. The molecule has 11 rings (SSSR count). The van der Waals surface area contributed by atoms with Gasteiger partial charge in [-0.1, -0.05) is 158 Å². The highest BCUT2D eigenvalue weighted by Gasteiger charge is 2.23. The summed E-state index contributed by atoms with van der Waals surface area (Å²) < 4.78 is 5.10. The number of rotatable bonds is 6. The predicted octanol–water partition coefficient (Wildman–Crippen LogP) is 15.1. The smallest absolute Gasteiger partial charge is 0.0782 e. The van der Waals surface area contributed by atoms with Crippen molar-refractivity contribution in [3.63, 3.8) is 0 Å². The quantitative estimate of drug-likeness (QED) is 0.166. The van der Waals surface area contributed by atoms with Crippen molar-refractivity contribution in [2.75, 3.05) is 4.90 Å². The van der Waals surface area contributed by atoms with E-state index in [1.807, 2.05) is 11.3 Å². The van der Waals surface area contributed by atoms with Crippen molar-refractivity contribution in [3.8, 4) is 27.9 Å². The third-order valence-corrected chi connectivity index (χ3v) is 12.2. The molecule has 2 nitrogen and oxygen atoms in total. The molecule has 0 saturated carbocycles. The van der Waals surface area contributed by atoms with Gasteiger partial charge in [-0.25, -0.2) is 0 Å². The van der Waals surface area contributed by atoms with E-state index in [1.54, 1.807) is 0 Å². The fourth-order valence-electron chi connectivity index (χ4n) is 8.45. The maximum absolute atomic E-state index is 2.45. The summed E-state index contributed by atoms with van der Waals surface area (Å²) in [6.07, 6.45) is 0. The lowest BCUT2D eigenvalue weighted by molar-refractivity contribution is 1.17. The van der Waals surface area contributed by atoms with Gasteiger partial charge in [0.1, 0.15) is 0 Å². The summed E-state index contributed by atoms with van der Waals surface area (Å²) in [5.41, 5.74) is 11.6. The lowest BCUT2D eigenvalue weighted by atomic mass is 10.00. The zero-order valence-corrected chi connectivity index (χ0v) is 30.7. The van der Waals surface area contributed by atoms with Crippen LogP contribution in [0, 0.1) is 0 Å². The number of aromatic nitrogens is 1. The van der Waals surface area contributed by atoms with Gasteiger partial charge in [0.25, 0.3) is 0 Å². The van der Waals surface area contributed by atoms with Crippen molar-refractivity contribution in [1.82, 2.24) is 4.57 Å². The van der Waals surface area contributed by atoms with Crippen LogP contribution in [0.3, 0.4) is 0 Å². The van der Waals surface area contributed by atoms with Crippen LogP contribution in [0.5, 0.6) is 0 Å². The molecule has 11 aromatic rings. The molecule has 0 bridgehead atoms. The molecule has 2 aromatic heterocycles. The number of benzene rings is 9. The second-order valence-electron chi connectivity index (χ2n) is 14.1. The Hall–Kier alpha value is -6.94. The highest BCUT2D eigenvalue weighted by molar-refractivity contribution is 7.26. The Kier molecular flexibility index (Phi) is 7.39. The van der Waals surface area contributed by atoms with Crippen LogP contribution in [0.4, 0.5) is 17.1 Å². The Morgan fingerprint density at radius 3 is 1.91 bits per heavy atom. The van der Waals surface area contributed by atoms with E-state index in [1.165, 1.54) is 75.0 Å². The third kappa shape index (κ3) is 5.16. The van der Waals surface area contributed by atoms with Gasteiger partial charge in [-0.15, -0.1) is 11.3 Å². The van der Waals surface area contributed by atoms with Gasteiger partial charge in [0.15, 0.2) is 0 Å². The van der Waals surface area contributed by atoms with Gasteiger partial charge < -0.3 is 9.47 Å². The summed E-state index contributed by atoms with van der Waals surface area (Å²) in [6, 6.07) is 75.1. The van der Waals surface area contributed by atoms with E-state index in [-0.39, 0.29) is 0 Å². The van der Waals surface area contributed by atoms with E-state index in [0.29, 0.717) is 0 Å². The van der Waals surface area contributed by atoms with E-state index >= 15 is 0 Å². The molecule has 0 saturated heterocycles. The molecule has 9 aromatic carbocycles. The molecule has 0 aliphatic rings. The average molecular weight is 719 g/mol. The Balaban J connectivity index is 1.11. The molecule has 0 radical (unpaired) electrons. The van der Waals surface area contributed by atoms with E-state index < -0.39 is 0 Å². The van der Waals surface area contributed by atoms with Gasteiger partial charge in [-0.2, -0.15) is 0 Å². The Labute approximate surface area is 323 Å². The summed E-state index contributed by atoms with van der Waals surface area (Å²) in [5, 5.41) is 7.71. The van der Waals surface area contributed by atoms with Gasteiger partial charge in [0.2, 0.25) is 0 Å². The Morgan fingerprint density at radius 2 is 1.05 bits per heavy atom. The molecule has 0 aliphatic heterocycles. The predicted molar refractivity (Wildman–Crippen MR) is 237 cm³/mol. The number of nitrogens with zero attached hydrogens (tertiary/aromatic N) is 2. The summed E-state index contributed by atoms with van der Waals surface area (Å²) >= 11 is 1.89. The second kappa shape index (κ2) is 12.9. The van der Waals surface area contributed by atoms with Gasteiger partial charge in [0, 0.05) is 47.9 Å². The minimum atomic E-state index is 1.10. The van der Waals surface area contributed by atoms with Crippen LogP contribution in [0.2, 0.25) is 0 Å². The largest absolute Gasteiger partial charge is 0.308 e. The molecule has 2 heterocycles. The molecule has 0 unspecified atom stereocenters. The van der Waals surface area contributed by atoms with Crippen molar-refractivity contribution >= 4 is 81.1 Å². The van der Waals surface area contributed by atoms with Gasteiger partial charge >= 0.3 is 0 Å². The molecule has 0 atom stereocenters. The molecule has 258 valence electrons.